The smallest absolute Gasteiger partial charge is 0.266 e. The van der Waals surface area contributed by atoms with Gasteiger partial charge in [0, 0.05) is 19.0 Å². The van der Waals surface area contributed by atoms with Crippen LogP contribution in [0.1, 0.15) is 6.42 Å². The van der Waals surface area contributed by atoms with Gasteiger partial charge in [-0.3, -0.25) is 0 Å². The molecule has 0 bridgehead atoms. The van der Waals surface area contributed by atoms with Crippen LogP contribution in [0.3, 0.4) is 0 Å². The van der Waals surface area contributed by atoms with Crippen LogP contribution in [0, 0.1) is 0 Å². The molecule has 0 radical (unpaired) electrons. The molecule has 2 rings (SSSR count). The fraction of sp³-hybridized carbons (Fsp3) is 0.500. The second-order valence-corrected chi connectivity index (χ2v) is 4.07. The first-order valence-corrected chi connectivity index (χ1v) is 5.05. The molecule has 0 aromatic carbocycles. The Balaban J connectivity index is 2.24. The lowest BCUT2D eigenvalue weighted by Crippen LogP contribution is -2.25. The number of hydrogen-bond donors (Lipinski definition) is 0. The van der Waals surface area contributed by atoms with E-state index in [0.717, 1.165) is 0 Å². The number of alkyl halides is 2. The maximum atomic E-state index is 12.9. The number of nitrogens with zero attached hydrogens (tertiary/aromatic N) is 3. The Morgan fingerprint density at radius 2 is 2.07 bits per heavy atom. The van der Waals surface area contributed by atoms with Gasteiger partial charge in [0.2, 0.25) is 5.28 Å². The molecular formula is C8H7Cl2F2N3. The van der Waals surface area contributed by atoms with E-state index < -0.39 is 5.92 Å². The second kappa shape index (κ2) is 3.72. The molecule has 1 aromatic heterocycles. The van der Waals surface area contributed by atoms with Crippen molar-refractivity contribution in [2.24, 2.45) is 0 Å². The van der Waals surface area contributed by atoms with Crippen molar-refractivity contribution >= 4 is 29.0 Å². The molecule has 1 saturated heterocycles. The maximum absolute atomic E-state index is 12.9. The second-order valence-electron chi connectivity index (χ2n) is 3.35. The SMILES string of the molecule is FC1(F)CCN(c2cc(Cl)nc(Cl)n2)C1. The van der Waals surface area contributed by atoms with Crippen LogP contribution in [-0.2, 0) is 0 Å². The van der Waals surface area contributed by atoms with Crippen LogP contribution >= 0.6 is 23.2 Å². The van der Waals surface area contributed by atoms with E-state index in [9.17, 15) is 8.78 Å². The van der Waals surface area contributed by atoms with E-state index in [-0.39, 0.29) is 29.9 Å². The van der Waals surface area contributed by atoms with Crippen LogP contribution in [0.25, 0.3) is 0 Å². The van der Waals surface area contributed by atoms with Gasteiger partial charge in [0.05, 0.1) is 6.54 Å². The largest absolute Gasteiger partial charge is 0.350 e. The summed E-state index contributed by atoms with van der Waals surface area (Å²) in [5.41, 5.74) is 0. The van der Waals surface area contributed by atoms with Crippen molar-refractivity contribution in [3.63, 3.8) is 0 Å². The Morgan fingerprint density at radius 1 is 1.33 bits per heavy atom. The highest BCUT2D eigenvalue weighted by molar-refractivity contribution is 6.32. The molecule has 7 heteroatoms. The molecule has 0 atom stereocenters. The molecule has 0 saturated carbocycles. The van der Waals surface area contributed by atoms with Crippen molar-refractivity contribution in [3.8, 4) is 0 Å². The van der Waals surface area contributed by atoms with Crippen LogP contribution in [0.2, 0.25) is 10.4 Å². The number of rotatable bonds is 1. The Morgan fingerprint density at radius 3 is 2.60 bits per heavy atom. The number of aromatic nitrogens is 2. The Bertz CT molecular complexity index is 366. The van der Waals surface area contributed by atoms with Crippen molar-refractivity contribution in [1.29, 1.82) is 0 Å². The van der Waals surface area contributed by atoms with Crippen molar-refractivity contribution in [3.05, 3.63) is 16.5 Å². The van der Waals surface area contributed by atoms with Gasteiger partial charge in [0.25, 0.3) is 5.92 Å². The van der Waals surface area contributed by atoms with Crippen LogP contribution in [0.5, 0.6) is 0 Å². The zero-order chi connectivity index (χ0) is 11.1. The third-order valence-corrected chi connectivity index (χ3v) is 2.51. The molecule has 15 heavy (non-hydrogen) atoms. The van der Waals surface area contributed by atoms with E-state index >= 15 is 0 Å². The van der Waals surface area contributed by atoms with Crippen LogP contribution < -0.4 is 4.90 Å². The maximum Gasteiger partial charge on any atom is 0.266 e. The molecule has 1 fully saturated rings. The summed E-state index contributed by atoms with van der Waals surface area (Å²) in [5.74, 6) is -2.32. The molecule has 0 aliphatic carbocycles. The topological polar surface area (TPSA) is 29.0 Å². The normalized spacial score (nSPS) is 19.6. The summed E-state index contributed by atoms with van der Waals surface area (Å²) < 4.78 is 25.9. The predicted octanol–water partition coefficient (Wildman–Crippen LogP) is 2.63. The highest BCUT2D eigenvalue weighted by atomic mass is 35.5. The quantitative estimate of drug-likeness (QED) is 0.569. The van der Waals surface area contributed by atoms with Crippen LogP contribution in [-0.4, -0.2) is 29.0 Å². The summed E-state index contributed by atoms with van der Waals surface area (Å²) >= 11 is 11.2. The summed E-state index contributed by atoms with van der Waals surface area (Å²) in [7, 11) is 0. The van der Waals surface area contributed by atoms with Crippen molar-refractivity contribution in [1.82, 2.24) is 9.97 Å². The van der Waals surface area contributed by atoms with E-state index in [2.05, 4.69) is 9.97 Å². The van der Waals surface area contributed by atoms with Crippen molar-refractivity contribution < 1.29 is 8.78 Å². The van der Waals surface area contributed by atoms with Gasteiger partial charge in [-0.05, 0) is 11.6 Å². The third-order valence-electron chi connectivity index (χ3n) is 2.15. The number of anilines is 1. The predicted molar refractivity (Wildman–Crippen MR) is 53.8 cm³/mol. The van der Waals surface area contributed by atoms with Gasteiger partial charge < -0.3 is 4.90 Å². The van der Waals surface area contributed by atoms with E-state index in [1.54, 1.807) is 0 Å². The van der Waals surface area contributed by atoms with Gasteiger partial charge in [-0.25, -0.2) is 18.7 Å². The van der Waals surface area contributed by atoms with Gasteiger partial charge in [0.1, 0.15) is 11.0 Å². The number of hydrogen-bond acceptors (Lipinski definition) is 3. The molecule has 0 unspecified atom stereocenters. The van der Waals surface area contributed by atoms with Crippen LogP contribution in [0.4, 0.5) is 14.6 Å². The van der Waals surface area contributed by atoms with E-state index in [1.807, 2.05) is 0 Å². The average molecular weight is 254 g/mol. The summed E-state index contributed by atoms with van der Waals surface area (Å²) in [6.45, 7) is -0.104. The zero-order valence-electron chi connectivity index (χ0n) is 7.55. The van der Waals surface area contributed by atoms with Crippen molar-refractivity contribution in [2.75, 3.05) is 18.0 Å². The summed E-state index contributed by atoms with van der Waals surface area (Å²) in [6.07, 6.45) is -0.174. The molecule has 0 spiro atoms. The Labute approximate surface area is 95.0 Å². The molecule has 1 aliphatic rings. The molecule has 2 heterocycles. The fourth-order valence-electron chi connectivity index (χ4n) is 1.47. The highest BCUT2D eigenvalue weighted by Gasteiger charge is 2.38. The Kier molecular flexibility index (Phi) is 2.68. The van der Waals surface area contributed by atoms with Gasteiger partial charge >= 0.3 is 0 Å². The molecule has 0 amide bonds. The summed E-state index contributed by atoms with van der Waals surface area (Å²) in [5, 5.41) is 0.118. The fourth-order valence-corrected chi connectivity index (χ4v) is 1.87. The lowest BCUT2D eigenvalue weighted by molar-refractivity contribution is 0.0256. The van der Waals surface area contributed by atoms with E-state index in [1.165, 1.54) is 11.0 Å². The lowest BCUT2D eigenvalue weighted by atomic mass is 10.3. The highest BCUT2D eigenvalue weighted by Crippen LogP contribution is 2.30. The molecule has 82 valence electrons. The van der Waals surface area contributed by atoms with Crippen molar-refractivity contribution in [2.45, 2.75) is 12.3 Å². The van der Waals surface area contributed by atoms with Gasteiger partial charge in [-0.15, -0.1) is 0 Å². The van der Waals surface area contributed by atoms with E-state index in [4.69, 9.17) is 23.2 Å². The zero-order valence-corrected chi connectivity index (χ0v) is 9.06. The average Bonchev–Trinajstić information content (AvgIpc) is 2.44. The van der Waals surface area contributed by atoms with Gasteiger partial charge in [0.15, 0.2) is 0 Å². The minimum atomic E-state index is -2.66. The Hall–Kier alpha value is -0.680. The molecule has 3 nitrogen and oxygen atoms in total. The molecule has 1 aliphatic heterocycles. The summed E-state index contributed by atoms with van der Waals surface area (Å²) in [6, 6.07) is 1.43. The first kappa shape index (κ1) is 10.8. The monoisotopic (exact) mass is 253 g/mol. The third kappa shape index (κ3) is 2.46. The molecule has 1 aromatic rings. The van der Waals surface area contributed by atoms with E-state index in [0.29, 0.717) is 5.82 Å². The summed E-state index contributed by atoms with van der Waals surface area (Å²) in [4.78, 5) is 8.94. The first-order chi connectivity index (χ1) is 6.96. The molecular weight excluding hydrogens is 247 g/mol. The number of halogens is 4. The minimum Gasteiger partial charge on any atom is -0.350 e. The minimum absolute atomic E-state index is 0.0345. The lowest BCUT2D eigenvalue weighted by Gasteiger charge is -2.16. The first-order valence-electron chi connectivity index (χ1n) is 4.29. The molecule has 0 N–H and O–H groups in total. The van der Waals surface area contributed by atoms with Gasteiger partial charge in [-0.1, -0.05) is 11.6 Å². The van der Waals surface area contributed by atoms with Crippen LogP contribution in [0.15, 0.2) is 6.07 Å². The van der Waals surface area contributed by atoms with Gasteiger partial charge in [-0.2, -0.15) is 0 Å². The standard InChI is InChI=1S/C8H7Cl2F2N3/c9-5-3-6(14-7(10)13-5)15-2-1-8(11,12)4-15/h3H,1-2,4H2.